The standard InChI is InChI=1S/C25H30N2O6/c1-2-30-22-15-18(9-10-20(22)33-17-23(28)27-11-4-3-5-12-27)25(29)26-16-19-7-6-8-21-24(19)32-14-13-31-21/h6-10,15H,2-5,11-14,16-17H2,1H3,(H,26,29). The van der Waals surface area contributed by atoms with Crippen molar-refractivity contribution in [1.82, 2.24) is 10.2 Å². The van der Waals surface area contributed by atoms with Crippen molar-refractivity contribution in [3.8, 4) is 23.0 Å². The topological polar surface area (TPSA) is 86.3 Å². The number of benzene rings is 2. The van der Waals surface area contributed by atoms with Crippen molar-refractivity contribution in [2.45, 2.75) is 32.7 Å². The summed E-state index contributed by atoms with van der Waals surface area (Å²) in [5, 5.41) is 2.92. The van der Waals surface area contributed by atoms with Crippen molar-refractivity contribution < 1.29 is 28.5 Å². The van der Waals surface area contributed by atoms with E-state index in [1.54, 1.807) is 18.2 Å². The Bertz CT molecular complexity index is 987. The molecule has 0 saturated carbocycles. The molecule has 0 bridgehead atoms. The number of piperidine rings is 1. The lowest BCUT2D eigenvalue weighted by Gasteiger charge is -2.26. The summed E-state index contributed by atoms with van der Waals surface area (Å²) >= 11 is 0. The lowest BCUT2D eigenvalue weighted by Crippen LogP contribution is -2.38. The molecule has 1 fully saturated rings. The van der Waals surface area contributed by atoms with Gasteiger partial charge in [0.15, 0.2) is 29.6 Å². The molecular weight excluding hydrogens is 424 g/mol. The summed E-state index contributed by atoms with van der Waals surface area (Å²) < 4.78 is 22.7. The normalized spacial score (nSPS) is 15.0. The van der Waals surface area contributed by atoms with Crippen LogP contribution < -0.4 is 24.3 Å². The van der Waals surface area contributed by atoms with E-state index in [0.717, 1.165) is 37.9 Å². The number of nitrogens with one attached hydrogen (secondary N) is 1. The molecule has 0 spiro atoms. The van der Waals surface area contributed by atoms with E-state index in [9.17, 15) is 9.59 Å². The number of carbonyl (C=O) groups excluding carboxylic acids is 2. The minimum Gasteiger partial charge on any atom is -0.490 e. The molecule has 0 unspecified atom stereocenters. The highest BCUT2D eigenvalue weighted by molar-refractivity contribution is 5.95. The molecule has 8 heteroatoms. The maximum Gasteiger partial charge on any atom is 0.260 e. The SMILES string of the molecule is CCOc1cc(C(=O)NCc2cccc3c2OCCO3)ccc1OCC(=O)N1CCCCC1. The largest absolute Gasteiger partial charge is 0.490 e. The van der Waals surface area contributed by atoms with E-state index >= 15 is 0 Å². The Balaban J connectivity index is 1.39. The molecule has 2 aromatic rings. The Hall–Kier alpha value is -3.42. The van der Waals surface area contributed by atoms with E-state index < -0.39 is 0 Å². The van der Waals surface area contributed by atoms with Gasteiger partial charge in [0.2, 0.25) is 0 Å². The van der Waals surface area contributed by atoms with Crippen LogP contribution in [-0.4, -0.2) is 56.2 Å². The first-order valence-corrected chi connectivity index (χ1v) is 11.5. The Morgan fingerprint density at radius 3 is 2.64 bits per heavy atom. The Kier molecular flexibility index (Phi) is 7.55. The predicted molar refractivity (Wildman–Crippen MR) is 122 cm³/mol. The van der Waals surface area contributed by atoms with Gasteiger partial charge in [-0.3, -0.25) is 9.59 Å². The highest BCUT2D eigenvalue weighted by Gasteiger charge is 2.19. The second-order valence-electron chi connectivity index (χ2n) is 7.95. The van der Waals surface area contributed by atoms with Gasteiger partial charge in [0.05, 0.1) is 6.61 Å². The fraction of sp³-hybridized carbons (Fsp3) is 0.440. The minimum atomic E-state index is -0.249. The summed E-state index contributed by atoms with van der Waals surface area (Å²) in [6.07, 6.45) is 3.23. The van der Waals surface area contributed by atoms with Crippen molar-refractivity contribution in [2.75, 3.05) is 39.5 Å². The van der Waals surface area contributed by atoms with Crippen LogP contribution in [0.4, 0.5) is 0 Å². The summed E-state index contributed by atoms with van der Waals surface area (Å²) in [4.78, 5) is 27.0. The third kappa shape index (κ3) is 5.69. The number of rotatable bonds is 8. The summed E-state index contributed by atoms with van der Waals surface area (Å²) in [7, 11) is 0. The van der Waals surface area contributed by atoms with E-state index in [1.165, 1.54) is 0 Å². The van der Waals surface area contributed by atoms with Crippen LogP contribution in [-0.2, 0) is 11.3 Å². The van der Waals surface area contributed by atoms with Crippen LogP contribution in [0.3, 0.4) is 0 Å². The number of para-hydroxylation sites is 1. The molecule has 0 aromatic heterocycles. The van der Waals surface area contributed by atoms with Gasteiger partial charge < -0.3 is 29.2 Å². The highest BCUT2D eigenvalue weighted by Crippen LogP contribution is 2.33. The van der Waals surface area contributed by atoms with Crippen molar-refractivity contribution >= 4 is 11.8 Å². The van der Waals surface area contributed by atoms with Crippen LogP contribution >= 0.6 is 0 Å². The quantitative estimate of drug-likeness (QED) is 0.659. The number of hydrogen-bond donors (Lipinski definition) is 1. The lowest BCUT2D eigenvalue weighted by atomic mass is 10.1. The van der Waals surface area contributed by atoms with Crippen LogP contribution in [0.2, 0.25) is 0 Å². The van der Waals surface area contributed by atoms with Gasteiger partial charge in [0.25, 0.3) is 11.8 Å². The Morgan fingerprint density at radius 1 is 1.00 bits per heavy atom. The monoisotopic (exact) mass is 454 g/mol. The minimum absolute atomic E-state index is 0.0311. The van der Waals surface area contributed by atoms with Crippen LogP contribution in [0.1, 0.15) is 42.1 Å². The third-order valence-corrected chi connectivity index (χ3v) is 5.65. The Labute approximate surface area is 193 Å². The molecular formula is C25H30N2O6. The second kappa shape index (κ2) is 10.9. The van der Waals surface area contributed by atoms with Crippen molar-refractivity contribution in [3.05, 3.63) is 47.5 Å². The molecule has 8 nitrogen and oxygen atoms in total. The van der Waals surface area contributed by atoms with Gasteiger partial charge in [-0.1, -0.05) is 12.1 Å². The fourth-order valence-electron chi connectivity index (χ4n) is 3.96. The number of ether oxygens (including phenoxy) is 4. The number of hydrogen-bond acceptors (Lipinski definition) is 6. The summed E-state index contributed by atoms with van der Waals surface area (Å²) in [5.74, 6) is 1.96. The van der Waals surface area contributed by atoms with E-state index in [1.807, 2.05) is 30.0 Å². The summed E-state index contributed by atoms with van der Waals surface area (Å²) in [6.45, 7) is 5.08. The molecule has 33 heavy (non-hydrogen) atoms. The van der Waals surface area contributed by atoms with E-state index in [0.29, 0.717) is 54.9 Å². The highest BCUT2D eigenvalue weighted by atomic mass is 16.6. The maximum absolute atomic E-state index is 12.8. The molecule has 2 heterocycles. The summed E-state index contributed by atoms with van der Waals surface area (Å²) in [5.41, 5.74) is 1.29. The lowest BCUT2D eigenvalue weighted by molar-refractivity contribution is -0.134. The zero-order valence-corrected chi connectivity index (χ0v) is 18.9. The first kappa shape index (κ1) is 22.8. The molecule has 4 rings (SSSR count). The van der Waals surface area contributed by atoms with Crippen LogP contribution in [0, 0.1) is 0 Å². The number of likely N-dealkylation sites (tertiary alicyclic amines) is 1. The van der Waals surface area contributed by atoms with E-state index in [2.05, 4.69) is 5.32 Å². The molecule has 0 atom stereocenters. The molecule has 2 aliphatic heterocycles. The molecule has 0 aliphatic carbocycles. The zero-order chi connectivity index (χ0) is 23.0. The van der Waals surface area contributed by atoms with Crippen molar-refractivity contribution in [2.24, 2.45) is 0 Å². The molecule has 2 aliphatic rings. The molecule has 2 aromatic carbocycles. The van der Waals surface area contributed by atoms with Gasteiger partial charge in [0, 0.05) is 30.8 Å². The molecule has 2 amide bonds. The van der Waals surface area contributed by atoms with Crippen LogP contribution in [0.15, 0.2) is 36.4 Å². The molecule has 1 saturated heterocycles. The molecule has 176 valence electrons. The number of fused-ring (bicyclic) bond motifs is 1. The number of amides is 2. The fourth-order valence-corrected chi connectivity index (χ4v) is 3.96. The van der Waals surface area contributed by atoms with E-state index in [-0.39, 0.29) is 18.4 Å². The van der Waals surface area contributed by atoms with E-state index in [4.69, 9.17) is 18.9 Å². The van der Waals surface area contributed by atoms with Crippen LogP contribution in [0.5, 0.6) is 23.0 Å². The zero-order valence-electron chi connectivity index (χ0n) is 18.9. The summed E-state index contributed by atoms with van der Waals surface area (Å²) in [6, 6.07) is 10.6. The van der Waals surface area contributed by atoms with Crippen molar-refractivity contribution in [1.29, 1.82) is 0 Å². The first-order valence-electron chi connectivity index (χ1n) is 11.5. The van der Waals surface area contributed by atoms with Gasteiger partial charge in [-0.25, -0.2) is 0 Å². The molecule has 1 N–H and O–H groups in total. The second-order valence-corrected chi connectivity index (χ2v) is 7.95. The number of carbonyl (C=O) groups is 2. The van der Waals surface area contributed by atoms with Crippen LogP contribution in [0.25, 0.3) is 0 Å². The molecule has 0 radical (unpaired) electrons. The predicted octanol–water partition coefficient (Wildman–Crippen LogP) is 3.18. The van der Waals surface area contributed by atoms with Gasteiger partial charge in [0.1, 0.15) is 13.2 Å². The first-order chi connectivity index (χ1) is 16.2. The van der Waals surface area contributed by atoms with Gasteiger partial charge >= 0.3 is 0 Å². The van der Waals surface area contributed by atoms with Gasteiger partial charge in [-0.15, -0.1) is 0 Å². The van der Waals surface area contributed by atoms with Gasteiger partial charge in [-0.2, -0.15) is 0 Å². The maximum atomic E-state index is 12.8. The third-order valence-electron chi connectivity index (χ3n) is 5.65. The average Bonchev–Trinajstić information content (AvgIpc) is 2.87. The number of nitrogens with zero attached hydrogens (tertiary/aromatic N) is 1. The van der Waals surface area contributed by atoms with Crippen molar-refractivity contribution in [3.63, 3.8) is 0 Å². The average molecular weight is 455 g/mol. The van der Waals surface area contributed by atoms with Gasteiger partial charge in [-0.05, 0) is 50.5 Å². The smallest absolute Gasteiger partial charge is 0.260 e. The Morgan fingerprint density at radius 2 is 1.82 bits per heavy atom.